The summed E-state index contributed by atoms with van der Waals surface area (Å²) in [6.45, 7) is 4.89. The largest absolute Gasteiger partial charge is 0.424 e. The molecular weight excluding hydrogens is 458 g/mol. The molecule has 7 nitrogen and oxygen atoms in total. The molecule has 0 saturated heterocycles. The molecule has 1 saturated carbocycles. The van der Waals surface area contributed by atoms with E-state index < -0.39 is 11.0 Å². The van der Waals surface area contributed by atoms with Crippen LogP contribution in [0.4, 0.5) is 5.69 Å². The summed E-state index contributed by atoms with van der Waals surface area (Å²) in [4.78, 5) is 8.31. The third kappa shape index (κ3) is 4.91. The number of fused-ring (bicyclic) bond motifs is 1. The van der Waals surface area contributed by atoms with E-state index in [1.807, 2.05) is 50.2 Å². The minimum atomic E-state index is -1.10. The van der Waals surface area contributed by atoms with Crippen LogP contribution in [0.2, 0.25) is 0 Å². The molecule has 1 unspecified atom stereocenters. The van der Waals surface area contributed by atoms with Crippen LogP contribution in [0.3, 0.4) is 0 Å². The van der Waals surface area contributed by atoms with E-state index in [1.165, 1.54) is 12.8 Å². The first-order chi connectivity index (χ1) is 17.1. The van der Waals surface area contributed by atoms with Crippen molar-refractivity contribution in [1.82, 2.24) is 14.5 Å². The summed E-state index contributed by atoms with van der Waals surface area (Å²) in [6.07, 6.45) is 6.52. The van der Waals surface area contributed by atoms with Gasteiger partial charge in [0.2, 0.25) is 0 Å². The third-order valence-corrected chi connectivity index (χ3v) is 7.38. The molecule has 2 aromatic heterocycles. The molecule has 0 amide bonds. The number of rotatable bonds is 9. The lowest BCUT2D eigenvalue weighted by molar-refractivity contribution is 0.442. The maximum absolute atomic E-state index is 12.2. The molecule has 0 radical (unpaired) electrons. The number of ether oxygens (including phenoxy) is 1. The second kappa shape index (κ2) is 9.88. The fourth-order valence-corrected chi connectivity index (χ4v) is 5.20. The van der Waals surface area contributed by atoms with Gasteiger partial charge in [-0.05, 0) is 68.0 Å². The molecule has 4 aromatic rings. The van der Waals surface area contributed by atoms with Gasteiger partial charge in [0.15, 0.2) is 0 Å². The summed E-state index contributed by atoms with van der Waals surface area (Å²) in [5.74, 6) is 1.84. The zero-order valence-electron chi connectivity index (χ0n) is 19.8. The Morgan fingerprint density at radius 1 is 1.20 bits per heavy atom. The standard InChI is InChI=1S/C27H27N5O2S/c1-3-13-35(33)31-20-7-9-22(18(2)14-20)26-24(16-28)23-10-8-21(34-27-29-11-4-12-30-27)15-25(23)32(26)17-19-5-6-19/h4,7-12,14-15,19,31H,3,5-6,13,17H2,1-2H3. The molecule has 1 aliphatic rings. The SMILES string of the molecule is CCCS(=O)Nc1ccc(-c2c(C#N)c3ccc(Oc4ncccn4)cc3n2CC2CC2)c(C)c1. The number of benzene rings is 2. The van der Waals surface area contributed by atoms with Crippen molar-refractivity contribution in [2.45, 2.75) is 39.7 Å². The fourth-order valence-electron chi connectivity index (χ4n) is 4.34. The van der Waals surface area contributed by atoms with Gasteiger partial charge in [0.05, 0.1) is 16.8 Å². The molecule has 1 N–H and O–H groups in total. The summed E-state index contributed by atoms with van der Waals surface area (Å²) < 4.78 is 23.4. The summed E-state index contributed by atoms with van der Waals surface area (Å²) in [5.41, 5.74) is 5.37. The second-order valence-corrected chi connectivity index (χ2v) is 10.2. The predicted octanol–water partition coefficient (Wildman–Crippen LogP) is 5.97. The monoisotopic (exact) mass is 485 g/mol. The Hall–Kier alpha value is -3.70. The van der Waals surface area contributed by atoms with Gasteiger partial charge in [0.1, 0.15) is 22.8 Å². The van der Waals surface area contributed by atoms with Crippen LogP contribution in [0.5, 0.6) is 11.8 Å². The van der Waals surface area contributed by atoms with Crippen LogP contribution >= 0.6 is 0 Å². The Morgan fingerprint density at radius 3 is 2.69 bits per heavy atom. The highest BCUT2D eigenvalue weighted by atomic mass is 32.2. The summed E-state index contributed by atoms with van der Waals surface area (Å²) >= 11 is 0. The van der Waals surface area contributed by atoms with Crippen molar-refractivity contribution < 1.29 is 8.95 Å². The second-order valence-electron chi connectivity index (χ2n) is 8.88. The van der Waals surface area contributed by atoms with Gasteiger partial charge in [0, 0.05) is 47.4 Å². The van der Waals surface area contributed by atoms with Crippen molar-refractivity contribution >= 4 is 27.6 Å². The van der Waals surface area contributed by atoms with E-state index in [2.05, 4.69) is 25.3 Å². The fraction of sp³-hybridized carbons (Fsp3) is 0.296. The molecule has 1 atom stereocenters. The maximum atomic E-state index is 12.2. The quantitative estimate of drug-likeness (QED) is 0.315. The van der Waals surface area contributed by atoms with Crippen LogP contribution in [-0.2, 0) is 17.5 Å². The first-order valence-electron chi connectivity index (χ1n) is 11.8. The van der Waals surface area contributed by atoms with E-state index in [4.69, 9.17) is 4.74 Å². The average Bonchev–Trinajstić information content (AvgIpc) is 3.62. The molecular formula is C27H27N5O2S. The highest BCUT2D eigenvalue weighted by molar-refractivity contribution is 7.86. The molecule has 2 heterocycles. The van der Waals surface area contributed by atoms with E-state index in [0.29, 0.717) is 23.0 Å². The molecule has 35 heavy (non-hydrogen) atoms. The van der Waals surface area contributed by atoms with Gasteiger partial charge in [-0.25, -0.2) is 14.2 Å². The van der Waals surface area contributed by atoms with Gasteiger partial charge in [0.25, 0.3) is 0 Å². The molecule has 2 aromatic carbocycles. The van der Waals surface area contributed by atoms with Gasteiger partial charge in [-0.15, -0.1) is 0 Å². The highest BCUT2D eigenvalue weighted by Crippen LogP contribution is 2.41. The van der Waals surface area contributed by atoms with Crippen molar-refractivity contribution in [2.75, 3.05) is 10.5 Å². The summed E-state index contributed by atoms with van der Waals surface area (Å²) in [5, 5.41) is 11.1. The van der Waals surface area contributed by atoms with Crippen LogP contribution in [-0.4, -0.2) is 24.5 Å². The number of hydrogen-bond acceptors (Lipinski definition) is 5. The maximum Gasteiger partial charge on any atom is 0.321 e. The van der Waals surface area contributed by atoms with E-state index in [0.717, 1.165) is 46.4 Å². The summed E-state index contributed by atoms with van der Waals surface area (Å²) in [6, 6.07) is 16.2. The number of aromatic nitrogens is 3. The van der Waals surface area contributed by atoms with Gasteiger partial charge in [-0.1, -0.05) is 13.0 Å². The topological polar surface area (TPSA) is 92.8 Å². The van der Waals surface area contributed by atoms with Crippen molar-refractivity contribution in [3.05, 3.63) is 66.0 Å². The molecule has 1 fully saturated rings. The number of nitrogens with one attached hydrogen (secondary N) is 1. The van der Waals surface area contributed by atoms with Crippen molar-refractivity contribution in [1.29, 1.82) is 5.26 Å². The van der Waals surface area contributed by atoms with Crippen LogP contribution in [0.15, 0.2) is 54.9 Å². The Bertz CT molecular complexity index is 1440. The van der Waals surface area contributed by atoms with E-state index in [1.54, 1.807) is 18.5 Å². The lowest BCUT2D eigenvalue weighted by Crippen LogP contribution is -2.08. The van der Waals surface area contributed by atoms with E-state index in [-0.39, 0.29) is 6.01 Å². The van der Waals surface area contributed by atoms with Crippen LogP contribution in [0.1, 0.15) is 37.3 Å². The third-order valence-electron chi connectivity index (χ3n) is 6.14. The zero-order chi connectivity index (χ0) is 24.4. The van der Waals surface area contributed by atoms with Crippen molar-refractivity contribution in [3.63, 3.8) is 0 Å². The van der Waals surface area contributed by atoms with Crippen molar-refractivity contribution in [3.8, 4) is 29.1 Å². The average molecular weight is 486 g/mol. The first-order valence-corrected chi connectivity index (χ1v) is 13.2. The molecule has 0 aliphatic heterocycles. The van der Waals surface area contributed by atoms with Crippen LogP contribution in [0.25, 0.3) is 22.2 Å². The van der Waals surface area contributed by atoms with Gasteiger partial charge in [-0.3, -0.25) is 0 Å². The minimum Gasteiger partial charge on any atom is -0.424 e. The Labute approximate surface area is 207 Å². The number of nitriles is 1. The normalized spacial score (nSPS) is 14.0. The van der Waals surface area contributed by atoms with Crippen molar-refractivity contribution in [2.24, 2.45) is 5.92 Å². The lowest BCUT2D eigenvalue weighted by Gasteiger charge is -2.15. The van der Waals surface area contributed by atoms with Gasteiger partial charge >= 0.3 is 6.01 Å². The summed E-state index contributed by atoms with van der Waals surface area (Å²) in [7, 11) is -1.10. The van der Waals surface area contributed by atoms with E-state index >= 15 is 0 Å². The van der Waals surface area contributed by atoms with Crippen LogP contribution in [0, 0.1) is 24.2 Å². The molecule has 178 valence electrons. The predicted molar refractivity (Wildman–Crippen MR) is 139 cm³/mol. The van der Waals surface area contributed by atoms with Gasteiger partial charge in [-0.2, -0.15) is 5.26 Å². The minimum absolute atomic E-state index is 0.285. The van der Waals surface area contributed by atoms with Crippen LogP contribution < -0.4 is 9.46 Å². The number of hydrogen-bond donors (Lipinski definition) is 1. The number of anilines is 1. The molecule has 0 spiro atoms. The lowest BCUT2D eigenvalue weighted by atomic mass is 10.0. The number of aryl methyl sites for hydroxylation is 1. The Balaban J connectivity index is 1.60. The zero-order valence-corrected chi connectivity index (χ0v) is 20.6. The van der Waals surface area contributed by atoms with Gasteiger partial charge < -0.3 is 14.0 Å². The Morgan fingerprint density at radius 2 is 2.00 bits per heavy atom. The first kappa shape index (κ1) is 23.1. The molecule has 5 rings (SSSR count). The van der Waals surface area contributed by atoms with E-state index in [9.17, 15) is 9.47 Å². The molecule has 0 bridgehead atoms. The Kier molecular flexibility index (Phi) is 6.51. The molecule has 1 aliphatic carbocycles. The highest BCUT2D eigenvalue weighted by Gasteiger charge is 2.27. The number of nitrogens with zero attached hydrogens (tertiary/aromatic N) is 4. The smallest absolute Gasteiger partial charge is 0.321 e. The molecule has 8 heteroatoms.